The summed E-state index contributed by atoms with van der Waals surface area (Å²) in [4.78, 5) is 4.39. The molecule has 0 saturated heterocycles. The molecule has 1 aliphatic rings. The predicted octanol–water partition coefficient (Wildman–Crippen LogP) is 3.77. The van der Waals surface area contributed by atoms with Crippen LogP contribution in [-0.4, -0.2) is 10.1 Å². The van der Waals surface area contributed by atoms with Crippen LogP contribution < -0.4 is 5.73 Å². The molecule has 6 heteroatoms. The van der Waals surface area contributed by atoms with Gasteiger partial charge in [-0.05, 0) is 25.0 Å². The van der Waals surface area contributed by atoms with Crippen molar-refractivity contribution >= 4 is 23.2 Å². The lowest BCUT2D eigenvalue weighted by atomic mass is 9.99. The average Bonchev–Trinajstić information content (AvgIpc) is 3.02. The monoisotopic (exact) mass is 297 g/mol. The molecule has 4 nitrogen and oxygen atoms in total. The molecule has 1 heterocycles. The third kappa shape index (κ3) is 2.24. The smallest absolute Gasteiger partial charge is 0.259 e. The molecule has 2 N–H and O–H groups in total. The normalized spacial score (nSPS) is 17.8. The summed E-state index contributed by atoms with van der Waals surface area (Å²) in [5, 5.41) is 4.88. The Kier molecular flexibility index (Phi) is 3.25. The molecule has 2 aromatic rings. The topological polar surface area (TPSA) is 64.9 Å². The fourth-order valence-electron chi connectivity index (χ4n) is 2.43. The molecule has 0 atom stereocenters. The van der Waals surface area contributed by atoms with Gasteiger partial charge in [0, 0.05) is 0 Å². The van der Waals surface area contributed by atoms with Crippen molar-refractivity contribution < 1.29 is 4.52 Å². The first kappa shape index (κ1) is 12.9. The Morgan fingerprint density at radius 2 is 1.95 bits per heavy atom. The van der Waals surface area contributed by atoms with Gasteiger partial charge in [0.25, 0.3) is 5.89 Å². The van der Waals surface area contributed by atoms with Crippen molar-refractivity contribution in [3.8, 4) is 11.5 Å². The minimum Gasteiger partial charge on any atom is -0.334 e. The molecule has 1 aromatic heterocycles. The van der Waals surface area contributed by atoms with E-state index in [0.717, 1.165) is 25.7 Å². The van der Waals surface area contributed by atoms with E-state index in [1.54, 1.807) is 18.2 Å². The van der Waals surface area contributed by atoms with Crippen LogP contribution in [0.15, 0.2) is 22.7 Å². The van der Waals surface area contributed by atoms with E-state index >= 15 is 0 Å². The Bertz CT molecular complexity index is 606. The van der Waals surface area contributed by atoms with Gasteiger partial charge in [-0.3, -0.25) is 0 Å². The minimum absolute atomic E-state index is 0.360. The second kappa shape index (κ2) is 4.78. The largest absolute Gasteiger partial charge is 0.334 e. The van der Waals surface area contributed by atoms with Crippen LogP contribution in [0.1, 0.15) is 31.5 Å². The van der Waals surface area contributed by atoms with Gasteiger partial charge < -0.3 is 10.3 Å². The Hall–Kier alpha value is -1.10. The SMILES string of the molecule is NC1(c2noc(-c3cccc(Cl)c3Cl)n2)CCCC1. The van der Waals surface area contributed by atoms with Gasteiger partial charge in [-0.2, -0.15) is 4.98 Å². The van der Waals surface area contributed by atoms with Gasteiger partial charge in [0.2, 0.25) is 0 Å². The molecule has 100 valence electrons. The van der Waals surface area contributed by atoms with E-state index in [0.29, 0.717) is 27.3 Å². The molecule has 1 fully saturated rings. The van der Waals surface area contributed by atoms with E-state index in [2.05, 4.69) is 10.1 Å². The fourth-order valence-corrected chi connectivity index (χ4v) is 2.81. The summed E-state index contributed by atoms with van der Waals surface area (Å²) >= 11 is 12.1. The van der Waals surface area contributed by atoms with Crippen LogP contribution in [0, 0.1) is 0 Å². The van der Waals surface area contributed by atoms with E-state index < -0.39 is 5.54 Å². The summed E-state index contributed by atoms with van der Waals surface area (Å²) in [5.74, 6) is 0.912. The highest BCUT2D eigenvalue weighted by atomic mass is 35.5. The van der Waals surface area contributed by atoms with Gasteiger partial charge >= 0.3 is 0 Å². The predicted molar refractivity (Wildman–Crippen MR) is 74.1 cm³/mol. The number of nitrogens with two attached hydrogens (primary N) is 1. The van der Waals surface area contributed by atoms with Gasteiger partial charge in [-0.25, -0.2) is 0 Å². The summed E-state index contributed by atoms with van der Waals surface area (Å²) in [7, 11) is 0. The number of hydrogen-bond donors (Lipinski definition) is 1. The Labute approximate surface area is 120 Å². The number of benzene rings is 1. The Balaban J connectivity index is 1.99. The third-order valence-corrected chi connectivity index (χ3v) is 4.37. The minimum atomic E-state index is -0.465. The van der Waals surface area contributed by atoms with Crippen molar-refractivity contribution in [2.24, 2.45) is 5.73 Å². The molecule has 0 unspecified atom stereocenters. The second-order valence-electron chi connectivity index (χ2n) is 4.89. The lowest BCUT2D eigenvalue weighted by Gasteiger charge is -2.17. The van der Waals surface area contributed by atoms with E-state index in [-0.39, 0.29) is 0 Å². The highest BCUT2D eigenvalue weighted by molar-refractivity contribution is 6.43. The third-order valence-electron chi connectivity index (χ3n) is 3.55. The second-order valence-corrected chi connectivity index (χ2v) is 5.67. The van der Waals surface area contributed by atoms with E-state index in [1.807, 2.05) is 0 Å². The lowest BCUT2D eigenvalue weighted by molar-refractivity contribution is 0.372. The van der Waals surface area contributed by atoms with Crippen LogP contribution in [0.5, 0.6) is 0 Å². The van der Waals surface area contributed by atoms with Crippen LogP contribution in [0.2, 0.25) is 10.0 Å². The van der Waals surface area contributed by atoms with Crippen molar-refractivity contribution in [2.45, 2.75) is 31.2 Å². The number of rotatable bonds is 2. The van der Waals surface area contributed by atoms with Gasteiger partial charge in [0.15, 0.2) is 5.82 Å². The standard InChI is InChI=1S/C13H13Cl2N3O/c14-9-5-3-4-8(10(9)15)11-17-12(18-19-11)13(16)6-1-2-7-13/h3-5H,1-2,6-7,16H2. The molecule has 3 rings (SSSR count). The summed E-state index contributed by atoms with van der Waals surface area (Å²) in [6.45, 7) is 0. The zero-order chi connectivity index (χ0) is 13.5. The van der Waals surface area contributed by atoms with E-state index in [9.17, 15) is 0 Å². The summed E-state index contributed by atoms with van der Waals surface area (Å²) in [6, 6.07) is 5.30. The molecule has 0 amide bonds. The molecule has 0 bridgehead atoms. The Morgan fingerprint density at radius 3 is 2.68 bits per heavy atom. The van der Waals surface area contributed by atoms with Gasteiger partial charge in [-0.15, -0.1) is 0 Å². The van der Waals surface area contributed by atoms with E-state index in [1.165, 1.54) is 0 Å². The quantitative estimate of drug-likeness (QED) is 0.916. The zero-order valence-electron chi connectivity index (χ0n) is 10.2. The molecule has 0 radical (unpaired) electrons. The summed E-state index contributed by atoms with van der Waals surface area (Å²) in [6.07, 6.45) is 3.96. The van der Waals surface area contributed by atoms with Crippen molar-refractivity contribution in [3.05, 3.63) is 34.1 Å². The lowest BCUT2D eigenvalue weighted by Crippen LogP contribution is -2.34. The van der Waals surface area contributed by atoms with Gasteiger partial charge in [0.05, 0.1) is 21.1 Å². The highest BCUT2D eigenvalue weighted by Gasteiger charge is 2.36. The average molecular weight is 298 g/mol. The maximum atomic E-state index is 6.30. The molecule has 19 heavy (non-hydrogen) atoms. The van der Waals surface area contributed by atoms with Crippen LogP contribution in [0.25, 0.3) is 11.5 Å². The van der Waals surface area contributed by atoms with Crippen molar-refractivity contribution in [1.29, 1.82) is 0 Å². The Morgan fingerprint density at radius 1 is 1.21 bits per heavy atom. The number of halogens is 2. The van der Waals surface area contributed by atoms with Gasteiger partial charge in [-0.1, -0.05) is 47.3 Å². The maximum Gasteiger partial charge on any atom is 0.259 e. The van der Waals surface area contributed by atoms with Crippen molar-refractivity contribution in [3.63, 3.8) is 0 Å². The van der Waals surface area contributed by atoms with Crippen LogP contribution in [0.4, 0.5) is 0 Å². The zero-order valence-corrected chi connectivity index (χ0v) is 11.7. The van der Waals surface area contributed by atoms with Crippen LogP contribution in [-0.2, 0) is 5.54 Å². The molecule has 1 saturated carbocycles. The summed E-state index contributed by atoms with van der Waals surface area (Å²) in [5.41, 5.74) is 6.46. The van der Waals surface area contributed by atoms with Crippen molar-refractivity contribution in [1.82, 2.24) is 10.1 Å². The highest BCUT2D eigenvalue weighted by Crippen LogP contribution is 2.37. The fraction of sp³-hybridized carbons (Fsp3) is 0.385. The van der Waals surface area contributed by atoms with Crippen LogP contribution >= 0.6 is 23.2 Å². The van der Waals surface area contributed by atoms with Crippen molar-refractivity contribution in [2.75, 3.05) is 0 Å². The molecule has 1 aliphatic carbocycles. The maximum absolute atomic E-state index is 6.30. The number of nitrogens with zero attached hydrogens (tertiary/aromatic N) is 2. The number of hydrogen-bond acceptors (Lipinski definition) is 4. The first-order chi connectivity index (χ1) is 9.10. The first-order valence-electron chi connectivity index (χ1n) is 6.18. The molecular weight excluding hydrogens is 285 g/mol. The van der Waals surface area contributed by atoms with Gasteiger partial charge in [0.1, 0.15) is 0 Å². The molecule has 1 aromatic carbocycles. The summed E-state index contributed by atoms with van der Waals surface area (Å²) < 4.78 is 5.28. The first-order valence-corrected chi connectivity index (χ1v) is 6.93. The molecule has 0 aliphatic heterocycles. The van der Waals surface area contributed by atoms with Crippen LogP contribution in [0.3, 0.4) is 0 Å². The molecule has 0 spiro atoms. The number of aromatic nitrogens is 2. The molecular formula is C13H13Cl2N3O. The van der Waals surface area contributed by atoms with E-state index in [4.69, 9.17) is 33.5 Å².